The molecule has 3 N–H and O–H groups in total. The van der Waals surface area contributed by atoms with Crippen LogP contribution in [0.25, 0.3) is 0 Å². The Morgan fingerprint density at radius 1 is 1.50 bits per heavy atom. The molecule has 0 fully saturated rings. The Kier molecular flexibility index (Phi) is 5.09. The van der Waals surface area contributed by atoms with Crippen LogP contribution in [-0.4, -0.2) is 38.0 Å². The molecule has 18 heavy (non-hydrogen) atoms. The highest BCUT2D eigenvalue weighted by Crippen LogP contribution is 2.27. The Balaban J connectivity index is 3.20. The smallest absolute Gasteiger partial charge is 0.245 e. The van der Waals surface area contributed by atoms with Gasteiger partial charge in [0.25, 0.3) is 0 Å². The lowest BCUT2D eigenvalue weighted by Crippen LogP contribution is -2.29. The van der Waals surface area contributed by atoms with Crippen molar-refractivity contribution in [2.75, 3.05) is 25.9 Å². The lowest BCUT2D eigenvalue weighted by Gasteiger charge is -2.17. The summed E-state index contributed by atoms with van der Waals surface area (Å²) in [7, 11) is -2.63. The van der Waals surface area contributed by atoms with E-state index < -0.39 is 20.7 Å². The minimum atomic E-state index is -3.95. The van der Waals surface area contributed by atoms with Gasteiger partial charge in [-0.1, -0.05) is 0 Å². The van der Waals surface area contributed by atoms with Gasteiger partial charge < -0.3 is 10.8 Å². The lowest BCUT2D eigenvalue weighted by molar-refractivity contribution is 0.275. The molecule has 0 aromatic heterocycles. The third-order valence-corrected chi connectivity index (χ3v) is 4.77. The summed E-state index contributed by atoms with van der Waals surface area (Å²) < 4.78 is 39.0. The molecule has 0 spiro atoms. The van der Waals surface area contributed by atoms with Gasteiger partial charge in [-0.3, -0.25) is 0 Å². The van der Waals surface area contributed by atoms with E-state index in [1.54, 1.807) is 0 Å². The molecule has 0 heterocycles. The molecule has 1 aromatic carbocycles. The standard InChI is InChI=1S/C10H14BrFN2O3S/c1-14(3-2-4-15)18(16,17)9-6-7(13)5-8(11)10(9)12/h5-6,15H,2-4,13H2,1H3. The predicted molar refractivity (Wildman–Crippen MR) is 70.0 cm³/mol. The molecular formula is C10H14BrFN2O3S. The second-order valence-electron chi connectivity index (χ2n) is 3.72. The van der Waals surface area contributed by atoms with Gasteiger partial charge >= 0.3 is 0 Å². The van der Waals surface area contributed by atoms with Crippen molar-refractivity contribution in [3.05, 3.63) is 22.4 Å². The number of nitrogens with zero attached hydrogens (tertiary/aromatic N) is 1. The van der Waals surface area contributed by atoms with Gasteiger partial charge in [0, 0.05) is 25.9 Å². The Hall–Kier alpha value is -0.700. The van der Waals surface area contributed by atoms with E-state index >= 15 is 0 Å². The van der Waals surface area contributed by atoms with Crippen LogP contribution in [0.3, 0.4) is 0 Å². The maximum Gasteiger partial charge on any atom is 0.245 e. The van der Waals surface area contributed by atoms with Crippen LogP contribution >= 0.6 is 15.9 Å². The van der Waals surface area contributed by atoms with Crippen molar-refractivity contribution in [1.82, 2.24) is 4.31 Å². The summed E-state index contributed by atoms with van der Waals surface area (Å²) in [5.74, 6) is -0.875. The third kappa shape index (κ3) is 3.19. The van der Waals surface area contributed by atoms with Crippen molar-refractivity contribution in [3.63, 3.8) is 0 Å². The van der Waals surface area contributed by atoms with Crippen LogP contribution in [0, 0.1) is 5.82 Å². The first-order valence-electron chi connectivity index (χ1n) is 5.12. The zero-order valence-electron chi connectivity index (χ0n) is 9.73. The molecule has 0 radical (unpaired) electrons. The highest BCUT2D eigenvalue weighted by molar-refractivity contribution is 9.10. The number of aliphatic hydroxyl groups excluding tert-OH is 1. The fourth-order valence-corrected chi connectivity index (χ4v) is 3.29. The molecule has 0 saturated heterocycles. The number of hydrogen-bond acceptors (Lipinski definition) is 4. The molecule has 102 valence electrons. The van der Waals surface area contributed by atoms with E-state index in [1.807, 2.05) is 0 Å². The summed E-state index contributed by atoms with van der Waals surface area (Å²) in [6, 6.07) is 2.37. The number of nitrogens with two attached hydrogens (primary N) is 1. The Labute approximate surface area is 114 Å². The van der Waals surface area contributed by atoms with E-state index in [4.69, 9.17) is 10.8 Å². The number of nitrogen functional groups attached to an aromatic ring is 1. The van der Waals surface area contributed by atoms with Gasteiger partial charge in [-0.2, -0.15) is 0 Å². The molecular weight excluding hydrogens is 327 g/mol. The fourth-order valence-electron chi connectivity index (χ4n) is 1.35. The van der Waals surface area contributed by atoms with Crippen LogP contribution in [0.2, 0.25) is 0 Å². The molecule has 8 heteroatoms. The average Bonchev–Trinajstić information content (AvgIpc) is 2.30. The first kappa shape index (κ1) is 15.4. The SMILES string of the molecule is CN(CCCO)S(=O)(=O)c1cc(N)cc(Br)c1F. The minimum Gasteiger partial charge on any atom is -0.399 e. The molecule has 0 amide bonds. The molecule has 0 unspecified atom stereocenters. The monoisotopic (exact) mass is 340 g/mol. The molecule has 5 nitrogen and oxygen atoms in total. The average molecular weight is 341 g/mol. The van der Waals surface area contributed by atoms with Crippen molar-refractivity contribution in [1.29, 1.82) is 0 Å². The second kappa shape index (κ2) is 5.96. The Morgan fingerprint density at radius 2 is 2.11 bits per heavy atom. The van der Waals surface area contributed by atoms with Crippen LogP contribution in [0.5, 0.6) is 0 Å². The first-order valence-corrected chi connectivity index (χ1v) is 7.35. The van der Waals surface area contributed by atoms with Gasteiger partial charge in [0.15, 0.2) is 5.82 Å². The summed E-state index contributed by atoms with van der Waals surface area (Å²) >= 11 is 2.91. The number of anilines is 1. The normalized spacial score (nSPS) is 12.1. The maximum atomic E-state index is 13.8. The molecule has 0 atom stereocenters. The Bertz CT molecular complexity index is 536. The molecule has 0 aliphatic rings. The fraction of sp³-hybridized carbons (Fsp3) is 0.400. The van der Waals surface area contributed by atoms with Crippen molar-refractivity contribution in [3.8, 4) is 0 Å². The van der Waals surface area contributed by atoms with Gasteiger partial charge in [0.1, 0.15) is 4.90 Å². The quantitative estimate of drug-likeness (QED) is 0.788. The lowest BCUT2D eigenvalue weighted by atomic mass is 10.3. The van der Waals surface area contributed by atoms with E-state index in [1.165, 1.54) is 13.1 Å². The molecule has 0 aliphatic carbocycles. The van der Waals surface area contributed by atoms with E-state index in [0.29, 0.717) is 0 Å². The van der Waals surface area contributed by atoms with Crippen LogP contribution in [0.1, 0.15) is 6.42 Å². The van der Waals surface area contributed by atoms with Crippen molar-refractivity contribution in [2.45, 2.75) is 11.3 Å². The number of halogens is 2. The topological polar surface area (TPSA) is 83.6 Å². The largest absolute Gasteiger partial charge is 0.399 e. The second-order valence-corrected chi connectivity index (χ2v) is 6.59. The van der Waals surface area contributed by atoms with Crippen LogP contribution in [-0.2, 0) is 10.0 Å². The van der Waals surface area contributed by atoms with Crippen LogP contribution in [0.15, 0.2) is 21.5 Å². The Morgan fingerprint density at radius 3 is 2.67 bits per heavy atom. The molecule has 1 aromatic rings. The summed E-state index contributed by atoms with van der Waals surface area (Å²) in [5, 5.41) is 8.67. The van der Waals surface area contributed by atoms with E-state index in [0.717, 1.165) is 10.4 Å². The first-order chi connectivity index (χ1) is 8.30. The van der Waals surface area contributed by atoms with Crippen LogP contribution in [0.4, 0.5) is 10.1 Å². The van der Waals surface area contributed by atoms with Gasteiger partial charge in [-0.05, 0) is 34.5 Å². The van der Waals surface area contributed by atoms with Gasteiger partial charge in [-0.25, -0.2) is 17.1 Å². The van der Waals surface area contributed by atoms with Gasteiger partial charge in [0.2, 0.25) is 10.0 Å². The van der Waals surface area contributed by atoms with Gasteiger partial charge in [-0.15, -0.1) is 0 Å². The summed E-state index contributed by atoms with van der Waals surface area (Å²) in [6.45, 7) is -0.0341. The van der Waals surface area contributed by atoms with Crippen molar-refractivity contribution >= 4 is 31.6 Å². The van der Waals surface area contributed by atoms with E-state index in [9.17, 15) is 12.8 Å². The highest BCUT2D eigenvalue weighted by atomic mass is 79.9. The summed E-state index contributed by atoms with van der Waals surface area (Å²) in [4.78, 5) is -0.477. The van der Waals surface area contributed by atoms with E-state index in [2.05, 4.69) is 15.9 Å². The number of aliphatic hydroxyl groups is 1. The van der Waals surface area contributed by atoms with Crippen molar-refractivity contribution < 1.29 is 17.9 Å². The minimum absolute atomic E-state index is 0.00312. The molecule has 1 rings (SSSR count). The molecule has 0 bridgehead atoms. The van der Waals surface area contributed by atoms with Gasteiger partial charge in [0.05, 0.1) is 4.47 Å². The molecule has 0 saturated carbocycles. The predicted octanol–water partition coefficient (Wildman–Crippen LogP) is 1.17. The van der Waals surface area contributed by atoms with E-state index in [-0.39, 0.29) is 29.7 Å². The molecule has 0 aliphatic heterocycles. The third-order valence-electron chi connectivity index (χ3n) is 2.34. The number of benzene rings is 1. The number of rotatable bonds is 5. The summed E-state index contributed by atoms with van der Waals surface area (Å²) in [5.41, 5.74) is 5.66. The van der Waals surface area contributed by atoms with Crippen LogP contribution < -0.4 is 5.73 Å². The highest BCUT2D eigenvalue weighted by Gasteiger charge is 2.25. The summed E-state index contributed by atoms with van der Waals surface area (Å²) in [6.07, 6.45) is 0.279. The number of hydrogen-bond donors (Lipinski definition) is 2. The zero-order chi connectivity index (χ0) is 13.9. The zero-order valence-corrected chi connectivity index (χ0v) is 12.1. The maximum absolute atomic E-state index is 13.8. The number of sulfonamides is 1. The van der Waals surface area contributed by atoms with Crippen molar-refractivity contribution in [2.24, 2.45) is 0 Å².